The van der Waals surface area contributed by atoms with Gasteiger partial charge in [0, 0.05) is 38.4 Å². The first kappa shape index (κ1) is 16.9. The van der Waals surface area contributed by atoms with Gasteiger partial charge >= 0.3 is 0 Å². The lowest BCUT2D eigenvalue weighted by Gasteiger charge is -2.51. The number of carbonyl (C=O) groups is 1. The number of aryl methyl sites for hydroxylation is 2. The molecule has 4 aliphatic rings. The molecule has 6 rings (SSSR count). The van der Waals surface area contributed by atoms with Crippen LogP contribution in [0.2, 0.25) is 0 Å². The highest BCUT2D eigenvalue weighted by Gasteiger charge is 2.54. The van der Waals surface area contributed by atoms with E-state index >= 15 is 0 Å². The Balaban J connectivity index is 1.39. The topological polar surface area (TPSA) is 54.3 Å². The van der Waals surface area contributed by atoms with Gasteiger partial charge in [-0.25, -0.2) is 0 Å². The highest BCUT2D eigenvalue weighted by atomic mass is 16.2. The second-order valence-electron chi connectivity index (χ2n) is 8.28. The number of likely N-dealkylation sites (tertiary alicyclic amines) is 1. The number of carbonyl (C=O) groups excluding carboxylic acids is 1. The SMILES string of the molecule is Cn1cnnc1CCC(=O)N1C[C@H](c2ccccc2)[C@H]2[C@@H]1C1CCN2CC1. The van der Waals surface area contributed by atoms with Crippen LogP contribution >= 0.6 is 0 Å². The Kier molecular flexibility index (Phi) is 4.23. The molecule has 2 aromatic rings. The Morgan fingerprint density at radius 2 is 1.93 bits per heavy atom. The van der Waals surface area contributed by atoms with Gasteiger partial charge in [0.1, 0.15) is 12.2 Å². The zero-order chi connectivity index (χ0) is 18.4. The number of hydrogen-bond acceptors (Lipinski definition) is 4. The lowest BCUT2D eigenvalue weighted by atomic mass is 9.75. The van der Waals surface area contributed by atoms with E-state index in [4.69, 9.17) is 0 Å². The monoisotopic (exact) mass is 365 g/mol. The molecule has 4 fully saturated rings. The molecule has 0 unspecified atom stereocenters. The van der Waals surface area contributed by atoms with E-state index in [2.05, 4.69) is 50.3 Å². The van der Waals surface area contributed by atoms with Crippen LogP contribution in [0, 0.1) is 5.92 Å². The first-order valence-electron chi connectivity index (χ1n) is 10.1. The fourth-order valence-electron chi connectivity index (χ4n) is 5.59. The van der Waals surface area contributed by atoms with Crippen molar-refractivity contribution in [1.82, 2.24) is 24.6 Å². The van der Waals surface area contributed by atoms with Crippen LogP contribution in [0.3, 0.4) is 0 Å². The van der Waals surface area contributed by atoms with Gasteiger partial charge in [0.15, 0.2) is 0 Å². The van der Waals surface area contributed by atoms with Crippen molar-refractivity contribution in [2.75, 3.05) is 19.6 Å². The first-order valence-corrected chi connectivity index (χ1v) is 10.1. The molecule has 1 aromatic heterocycles. The molecular formula is C21H27N5O. The summed E-state index contributed by atoms with van der Waals surface area (Å²) in [6.45, 7) is 3.23. The molecule has 3 atom stereocenters. The third-order valence-corrected chi connectivity index (χ3v) is 6.91. The Hall–Kier alpha value is -2.21. The summed E-state index contributed by atoms with van der Waals surface area (Å²) in [7, 11) is 1.94. The molecule has 6 nitrogen and oxygen atoms in total. The van der Waals surface area contributed by atoms with E-state index in [-0.39, 0.29) is 5.91 Å². The predicted octanol–water partition coefficient (Wildman–Crippen LogP) is 1.84. The molecule has 0 saturated carbocycles. The van der Waals surface area contributed by atoms with Crippen molar-refractivity contribution >= 4 is 5.91 Å². The summed E-state index contributed by atoms with van der Waals surface area (Å²) in [5, 5.41) is 8.06. The van der Waals surface area contributed by atoms with Gasteiger partial charge in [-0.3, -0.25) is 9.69 Å². The minimum atomic E-state index is 0.278. The molecule has 27 heavy (non-hydrogen) atoms. The van der Waals surface area contributed by atoms with Crippen molar-refractivity contribution < 1.29 is 4.79 Å². The highest BCUT2D eigenvalue weighted by molar-refractivity contribution is 5.77. The van der Waals surface area contributed by atoms with E-state index < -0.39 is 0 Å². The second kappa shape index (κ2) is 6.75. The van der Waals surface area contributed by atoms with Crippen molar-refractivity contribution in [2.45, 2.75) is 43.7 Å². The van der Waals surface area contributed by atoms with Crippen LogP contribution in [0.25, 0.3) is 0 Å². The number of nitrogens with zero attached hydrogens (tertiary/aromatic N) is 5. The maximum Gasteiger partial charge on any atom is 0.223 e. The quantitative estimate of drug-likeness (QED) is 0.830. The fourth-order valence-corrected chi connectivity index (χ4v) is 5.59. The molecule has 0 radical (unpaired) electrons. The molecule has 4 saturated heterocycles. The van der Waals surface area contributed by atoms with E-state index in [1.54, 1.807) is 6.33 Å². The molecule has 1 amide bonds. The summed E-state index contributed by atoms with van der Waals surface area (Å²) in [6.07, 6.45) is 5.34. The highest BCUT2D eigenvalue weighted by Crippen LogP contribution is 2.46. The summed E-state index contributed by atoms with van der Waals surface area (Å²) < 4.78 is 1.90. The van der Waals surface area contributed by atoms with Gasteiger partial charge in [0.05, 0.1) is 6.04 Å². The zero-order valence-corrected chi connectivity index (χ0v) is 15.9. The van der Waals surface area contributed by atoms with Crippen molar-refractivity contribution in [2.24, 2.45) is 13.0 Å². The number of amides is 1. The number of fused-ring (bicyclic) bond motifs is 2. The molecule has 1 aromatic carbocycles. The third kappa shape index (κ3) is 2.87. The van der Waals surface area contributed by atoms with Crippen molar-refractivity contribution in [3.63, 3.8) is 0 Å². The van der Waals surface area contributed by atoms with Gasteiger partial charge < -0.3 is 9.47 Å². The average molecular weight is 365 g/mol. The Morgan fingerprint density at radius 1 is 1.15 bits per heavy atom. The molecule has 0 aliphatic carbocycles. The maximum absolute atomic E-state index is 13.2. The van der Waals surface area contributed by atoms with Gasteiger partial charge in [0.2, 0.25) is 5.91 Å². The first-order chi connectivity index (χ1) is 13.2. The molecule has 0 spiro atoms. The van der Waals surface area contributed by atoms with Crippen LogP contribution in [-0.2, 0) is 18.3 Å². The third-order valence-electron chi connectivity index (χ3n) is 6.91. The van der Waals surface area contributed by atoms with Crippen LogP contribution < -0.4 is 0 Å². The summed E-state index contributed by atoms with van der Waals surface area (Å²) in [6, 6.07) is 11.7. The van der Waals surface area contributed by atoms with Crippen LogP contribution in [0.1, 0.15) is 36.6 Å². The Morgan fingerprint density at radius 3 is 2.63 bits per heavy atom. The fraction of sp³-hybridized carbons (Fsp3) is 0.571. The second-order valence-corrected chi connectivity index (χ2v) is 8.28. The number of hydrogen-bond donors (Lipinski definition) is 0. The molecule has 0 N–H and O–H groups in total. The molecule has 4 aliphatic heterocycles. The smallest absolute Gasteiger partial charge is 0.223 e. The molecule has 2 bridgehead atoms. The average Bonchev–Trinajstić information content (AvgIpc) is 3.33. The standard InChI is InChI=1S/C21H27N5O/c1-24-14-22-23-18(24)7-8-19(27)26-13-17(15-5-3-2-4-6-15)21-20(26)16-9-11-25(21)12-10-16/h2-6,14,16-17,20-21H,7-13H2,1H3/t17-,20+,21+/m1/s1. The van der Waals surface area contributed by atoms with Gasteiger partial charge in [-0.15, -0.1) is 10.2 Å². The van der Waals surface area contributed by atoms with Crippen molar-refractivity contribution in [3.05, 3.63) is 48.0 Å². The van der Waals surface area contributed by atoms with Gasteiger partial charge in [-0.05, 0) is 37.4 Å². The van der Waals surface area contributed by atoms with Crippen LogP contribution in [0.5, 0.6) is 0 Å². The van der Waals surface area contributed by atoms with Crippen LogP contribution in [0.15, 0.2) is 36.7 Å². The number of aromatic nitrogens is 3. The Bertz CT molecular complexity index is 811. The van der Waals surface area contributed by atoms with Crippen molar-refractivity contribution in [1.29, 1.82) is 0 Å². The van der Waals surface area contributed by atoms with E-state index in [1.807, 2.05) is 11.6 Å². The van der Waals surface area contributed by atoms with E-state index in [0.29, 0.717) is 36.8 Å². The van der Waals surface area contributed by atoms with E-state index in [0.717, 1.165) is 12.4 Å². The summed E-state index contributed by atoms with van der Waals surface area (Å²) in [5.74, 6) is 2.25. The minimum Gasteiger partial charge on any atom is -0.337 e. The van der Waals surface area contributed by atoms with Gasteiger partial charge in [-0.1, -0.05) is 30.3 Å². The number of benzene rings is 1. The lowest BCUT2D eigenvalue weighted by Crippen LogP contribution is -2.60. The number of piperidine rings is 3. The minimum absolute atomic E-state index is 0.278. The van der Waals surface area contributed by atoms with Crippen LogP contribution in [-0.4, -0.2) is 62.2 Å². The van der Waals surface area contributed by atoms with Gasteiger partial charge in [-0.2, -0.15) is 0 Å². The molecular weight excluding hydrogens is 338 g/mol. The van der Waals surface area contributed by atoms with Crippen LogP contribution in [0.4, 0.5) is 0 Å². The van der Waals surface area contributed by atoms with E-state index in [1.165, 1.54) is 31.5 Å². The maximum atomic E-state index is 13.2. The van der Waals surface area contributed by atoms with E-state index in [9.17, 15) is 4.79 Å². The molecule has 6 heteroatoms. The summed E-state index contributed by atoms with van der Waals surface area (Å²) in [4.78, 5) is 18.1. The number of rotatable bonds is 4. The normalized spacial score (nSPS) is 31.9. The zero-order valence-electron chi connectivity index (χ0n) is 15.9. The summed E-state index contributed by atoms with van der Waals surface area (Å²) in [5.41, 5.74) is 1.38. The largest absolute Gasteiger partial charge is 0.337 e. The lowest BCUT2D eigenvalue weighted by molar-refractivity contribution is -0.136. The van der Waals surface area contributed by atoms with Gasteiger partial charge in [0.25, 0.3) is 0 Å². The predicted molar refractivity (Wildman–Crippen MR) is 102 cm³/mol. The Labute approximate surface area is 160 Å². The molecule has 5 heterocycles. The summed E-state index contributed by atoms with van der Waals surface area (Å²) >= 11 is 0. The van der Waals surface area contributed by atoms with Crippen molar-refractivity contribution in [3.8, 4) is 0 Å². The molecule has 142 valence electrons.